The summed E-state index contributed by atoms with van der Waals surface area (Å²) in [6.45, 7) is 19.8. The average Bonchev–Trinajstić information content (AvgIpc) is 0.793. The molecule has 10 heteroatoms. The molecule has 2 fully saturated rings. The smallest absolute Gasteiger partial charge is 0.296 e. The van der Waals surface area contributed by atoms with Crippen LogP contribution in [0.4, 0.5) is 0 Å². The lowest BCUT2D eigenvalue weighted by atomic mass is 9.39. The summed E-state index contributed by atoms with van der Waals surface area (Å²) in [5.41, 5.74) is 5.74. The molecule has 12 unspecified atom stereocenters. The molecule has 0 radical (unpaired) electrons. The first-order valence-corrected chi connectivity index (χ1v) is 52.9. The van der Waals surface area contributed by atoms with Crippen molar-refractivity contribution < 1.29 is 10.0 Å². The lowest BCUT2D eigenvalue weighted by molar-refractivity contribution is 0.208. The number of hydrogen-bond acceptors (Lipinski definition) is 6. The quantitative estimate of drug-likeness (QED) is 0.0199. The fraction of sp³-hybridized carbons (Fsp3) is 0.769. The Morgan fingerprint density at radius 3 is 0.693 bits per heavy atom. The van der Waals surface area contributed by atoms with Crippen molar-refractivity contribution in [1.82, 2.24) is 9.80 Å². The van der Waals surface area contributed by atoms with E-state index in [4.69, 9.17) is 23.2 Å². The van der Waals surface area contributed by atoms with Crippen LogP contribution in [0.25, 0.3) is 0 Å². The van der Waals surface area contributed by atoms with E-state index in [2.05, 4.69) is 194 Å². The molecule has 6 rings (SSSR count). The zero-order valence-corrected chi connectivity index (χ0v) is 78.0. The summed E-state index contributed by atoms with van der Waals surface area (Å²) in [7, 11) is 4.30. The van der Waals surface area contributed by atoms with Crippen LogP contribution in [0, 0.1) is 0 Å². The van der Waals surface area contributed by atoms with Crippen molar-refractivity contribution in [2.75, 3.05) is 39.3 Å². The van der Waals surface area contributed by atoms with Gasteiger partial charge in [-0.15, -0.1) is 23.2 Å². The van der Waals surface area contributed by atoms with Crippen LogP contribution in [0.15, 0.2) is 121 Å². The molecule has 2 N–H and O–H groups in total. The van der Waals surface area contributed by atoms with Gasteiger partial charge in [-0.05, 0) is 121 Å². The molecule has 4 aromatic carbocycles. The molecule has 0 bridgehead atoms. The minimum atomic E-state index is -0.307. The molecule has 2 saturated heterocycles. The molecule has 646 valence electrons. The summed E-state index contributed by atoms with van der Waals surface area (Å²) in [4.78, 5) is 5.77. The van der Waals surface area contributed by atoms with E-state index >= 15 is 0 Å². The van der Waals surface area contributed by atoms with E-state index in [0.29, 0.717) is 34.2 Å². The summed E-state index contributed by atoms with van der Waals surface area (Å²) in [6, 6.07) is 45.9. The molecule has 0 aromatic heterocycles. The predicted molar refractivity (Wildman–Crippen MR) is 515 cm³/mol. The molecule has 0 spiro atoms. The first-order chi connectivity index (χ1) is 56.1. The van der Waals surface area contributed by atoms with Gasteiger partial charge in [-0.3, -0.25) is 0 Å². The largest absolute Gasteiger partial charge is 0.450 e. The van der Waals surface area contributed by atoms with Gasteiger partial charge in [0, 0.05) is 47.4 Å². The molecule has 114 heavy (non-hydrogen) atoms. The standard InChI is InChI=1S/C104H176B2Cl2N2O2S2/c1-7-13-19-25-35-57-75-97-93(89-67-49-45-50-68-89)85-109(86-94(90-69-51-46-52-70-90)98(105(97)111)76-58-36-26-20-14-8-2)83-65-43-33-31-39-61-79-101(107)103(81-63-41-29-23-17-11-5)113-114-104(82-64-42-30-24-18-12-6)102(108)80-62-40-32-34-44-66-84-110-87-95(91-71-53-47-54-72-91)99(77-59-37-27-21-15-9-3)106(112)100(78-60-38-28-22-16-10-4)96(88-110)92-73-55-48-56-74-92/h45-56,67-74,93-104,111-112H,7-44,57-66,75-88H2,1-6H3. The van der Waals surface area contributed by atoms with Crippen LogP contribution in [-0.2, 0) is 0 Å². The Morgan fingerprint density at radius 1 is 0.272 bits per heavy atom. The second-order valence-corrected chi connectivity index (χ2v) is 40.6. The highest BCUT2D eigenvalue weighted by Gasteiger charge is 2.46. The first kappa shape index (κ1) is 101. The van der Waals surface area contributed by atoms with Gasteiger partial charge in [0.15, 0.2) is 0 Å². The molecule has 4 nitrogen and oxygen atoms in total. The van der Waals surface area contributed by atoms with Gasteiger partial charge in [-0.2, -0.15) is 0 Å². The summed E-state index contributed by atoms with van der Waals surface area (Å²) in [5, 5.41) is 27.5. The highest BCUT2D eigenvalue weighted by Crippen LogP contribution is 2.51. The monoisotopic (exact) mass is 1640 g/mol. The number of alkyl halides is 2. The minimum Gasteiger partial charge on any atom is -0.450 e. The summed E-state index contributed by atoms with van der Waals surface area (Å²) >= 11 is 15.5. The van der Waals surface area contributed by atoms with Gasteiger partial charge in [-0.1, -0.05) is 505 Å². The lowest BCUT2D eigenvalue weighted by Crippen LogP contribution is -2.45. The van der Waals surface area contributed by atoms with Crippen LogP contribution in [0.2, 0.25) is 23.3 Å². The number of halogens is 2. The van der Waals surface area contributed by atoms with Gasteiger partial charge >= 0.3 is 0 Å². The number of hydrogen-bond donors (Lipinski definition) is 2. The van der Waals surface area contributed by atoms with Crippen LogP contribution < -0.4 is 0 Å². The normalized spacial score (nSPS) is 20.5. The number of nitrogens with zero attached hydrogens (tertiary/aromatic N) is 2. The molecular formula is C104H176B2Cl2N2O2S2. The van der Waals surface area contributed by atoms with Gasteiger partial charge in [0.05, 0.1) is 0 Å². The second kappa shape index (κ2) is 66.7. The Kier molecular flexibility index (Phi) is 59.1. The van der Waals surface area contributed by atoms with E-state index < -0.39 is 0 Å². The van der Waals surface area contributed by atoms with Crippen LogP contribution in [0.3, 0.4) is 0 Å². The Labute approximate surface area is 725 Å². The maximum Gasteiger partial charge on any atom is 0.296 e. The van der Waals surface area contributed by atoms with E-state index in [1.54, 1.807) is 0 Å². The zero-order valence-electron chi connectivity index (χ0n) is 74.8. The SMILES string of the molecule is CCCCCCCCC(SSC(CCCCCCCC)C(Cl)CCCCCCCCN1CC(c2ccccc2)C(CCCCCCCC)B(O)C(CCCCCCCC)C(c2ccccc2)C1)C(Cl)CCCCCCCCN1CC(c2ccccc2)C(CCCCCCCC)B(O)C(CCCCCCCC)C(c2ccccc2)C1. The molecule has 0 amide bonds. The summed E-state index contributed by atoms with van der Waals surface area (Å²) in [6.07, 6.45) is 71.4. The fourth-order valence-electron chi connectivity index (χ4n) is 20.2. The molecule has 0 saturated carbocycles. The van der Waals surface area contributed by atoms with Crippen molar-refractivity contribution in [2.45, 2.75) is 469 Å². The maximum absolute atomic E-state index is 13.1. The summed E-state index contributed by atoms with van der Waals surface area (Å²) < 4.78 is 0. The van der Waals surface area contributed by atoms with E-state index in [1.165, 1.54) is 343 Å². The van der Waals surface area contributed by atoms with Crippen molar-refractivity contribution in [3.05, 3.63) is 144 Å². The second-order valence-electron chi connectivity index (χ2n) is 36.7. The van der Waals surface area contributed by atoms with Crippen LogP contribution >= 0.6 is 44.8 Å². The average molecular weight is 1640 g/mol. The molecular weight excluding hydrogens is 1470 g/mol. The van der Waals surface area contributed by atoms with Gasteiger partial charge in [-0.25, -0.2) is 0 Å². The third-order valence-electron chi connectivity index (χ3n) is 27.3. The number of benzene rings is 4. The van der Waals surface area contributed by atoms with Crippen molar-refractivity contribution >= 4 is 58.6 Å². The molecule has 4 aromatic rings. The minimum absolute atomic E-state index is 0.197. The van der Waals surface area contributed by atoms with E-state index in [-0.39, 0.29) is 47.9 Å². The third kappa shape index (κ3) is 41.8. The Morgan fingerprint density at radius 2 is 0.465 bits per heavy atom. The third-order valence-corrected chi connectivity index (χ3v) is 32.2. The Balaban J connectivity index is 1.04. The predicted octanol–water partition coefficient (Wildman–Crippen LogP) is 33.5. The molecule has 12 atom stereocenters. The molecule has 2 aliphatic rings. The van der Waals surface area contributed by atoms with Crippen LogP contribution in [0.1, 0.15) is 447 Å². The summed E-state index contributed by atoms with van der Waals surface area (Å²) in [5.74, 6) is 2.36. The van der Waals surface area contributed by atoms with E-state index in [9.17, 15) is 10.0 Å². The first-order valence-electron chi connectivity index (χ1n) is 49.8. The lowest BCUT2D eigenvalue weighted by Gasteiger charge is -2.44. The Bertz CT molecular complexity index is 2450. The Hall–Kier alpha value is -1.87. The molecule has 2 aliphatic heterocycles. The van der Waals surface area contributed by atoms with Crippen LogP contribution in [0.5, 0.6) is 0 Å². The topological polar surface area (TPSA) is 46.9 Å². The van der Waals surface area contributed by atoms with Gasteiger partial charge in [0.1, 0.15) is 0 Å². The highest BCUT2D eigenvalue weighted by atomic mass is 35.5. The maximum atomic E-state index is 13.1. The van der Waals surface area contributed by atoms with Crippen molar-refractivity contribution in [2.24, 2.45) is 0 Å². The fourth-order valence-corrected chi connectivity index (χ4v) is 25.0. The van der Waals surface area contributed by atoms with Gasteiger partial charge in [0.2, 0.25) is 0 Å². The number of rotatable bonds is 69. The van der Waals surface area contributed by atoms with Crippen molar-refractivity contribution in [1.29, 1.82) is 0 Å². The molecule has 0 aliphatic carbocycles. The molecule has 2 heterocycles. The van der Waals surface area contributed by atoms with Crippen LogP contribution in [-0.4, -0.2) is 94.2 Å². The van der Waals surface area contributed by atoms with E-state index in [0.717, 1.165) is 77.8 Å². The van der Waals surface area contributed by atoms with Crippen molar-refractivity contribution in [3.8, 4) is 0 Å². The highest BCUT2D eigenvalue weighted by molar-refractivity contribution is 8.77. The van der Waals surface area contributed by atoms with Gasteiger partial charge < -0.3 is 19.8 Å². The van der Waals surface area contributed by atoms with Gasteiger partial charge in [0.25, 0.3) is 13.8 Å². The number of unbranched alkanes of at least 4 members (excludes halogenated alkanes) is 40. The van der Waals surface area contributed by atoms with Crippen molar-refractivity contribution in [3.63, 3.8) is 0 Å². The zero-order chi connectivity index (χ0) is 80.9. The van der Waals surface area contributed by atoms with E-state index in [1.807, 2.05) is 0 Å².